The average Bonchev–Trinajstić information content (AvgIpc) is 2.78. The number of halogens is 4. The highest BCUT2D eigenvalue weighted by atomic mass is 35.5. The second-order valence-electron chi connectivity index (χ2n) is 7.93. The summed E-state index contributed by atoms with van der Waals surface area (Å²) in [6, 6.07) is 10.9. The van der Waals surface area contributed by atoms with Gasteiger partial charge in [0.2, 0.25) is 11.4 Å². The van der Waals surface area contributed by atoms with Crippen LogP contribution in [0.15, 0.2) is 47.3 Å². The first kappa shape index (κ1) is 23.4. The summed E-state index contributed by atoms with van der Waals surface area (Å²) in [6.45, 7) is 4.15. The van der Waals surface area contributed by atoms with Crippen LogP contribution in [0.5, 0.6) is 5.88 Å². The van der Waals surface area contributed by atoms with Crippen LogP contribution >= 0.6 is 11.6 Å². The van der Waals surface area contributed by atoms with Crippen LogP contribution in [0.4, 0.5) is 18.9 Å². The van der Waals surface area contributed by atoms with Crippen LogP contribution in [0.25, 0.3) is 11.0 Å². The fourth-order valence-corrected chi connectivity index (χ4v) is 4.25. The van der Waals surface area contributed by atoms with Gasteiger partial charge < -0.3 is 14.6 Å². The number of nitrogens with zero attached hydrogens (tertiary/aromatic N) is 3. The SMILES string of the molecule is O=c1ccc2ccc(OCCCCN3CCN(c4cccc(C(F)(F)F)c4Cl)CC3)nc2[nH]1. The van der Waals surface area contributed by atoms with E-state index in [-0.39, 0.29) is 10.6 Å². The minimum atomic E-state index is -4.46. The van der Waals surface area contributed by atoms with E-state index in [1.807, 2.05) is 11.0 Å². The summed E-state index contributed by atoms with van der Waals surface area (Å²) < 4.78 is 45.0. The van der Waals surface area contributed by atoms with Gasteiger partial charge in [0, 0.05) is 43.7 Å². The highest BCUT2D eigenvalue weighted by Gasteiger charge is 2.34. The Hall–Kier alpha value is -2.78. The highest BCUT2D eigenvalue weighted by molar-refractivity contribution is 6.34. The smallest absolute Gasteiger partial charge is 0.417 e. The lowest BCUT2D eigenvalue weighted by atomic mass is 10.1. The van der Waals surface area contributed by atoms with E-state index in [4.69, 9.17) is 16.3 Å². The molecular weight excluding hydrogens is 457 g/mol. The maximum atomic E-state index is 13.1. The van der Waals surface area contributed by atoms with Crippen molar-refractivity contribution in [2.75, 3.05) is 44.2 Å². The first-order valence-electron chi connectivity index (χ1n) is 10.8. The molecule has 0 saturated carbocycles. The molecule has 0 unspecified atom stereocenters. The van der Waals surface area contributed by atoms with Gasteiger partial charge >= 0.3 is 6.18 Å². The third-order valence-corrected chi connectivity index (χ3v) is 6.07. The van der Waals surface area contributed by atoms with Gasteiger partial charge in [-0.3, -0.25) is 9.69 Å². The number of hydrogen-bond acceptors (Lipinski definition) is 5. The Morgan fingerprint density at radius 2 is 1.79 bits per heavy atom. The van der Waals surface area contributed by atoms with Crippen molar-refractivity contribution in [3.05, 3.63) is 63.4 Å². The van der Waals surface area contributed by atoms with Crippen molar-refractivity contribution >= 4 is 28.3 Å². The van der Waals surface area contributed by atoms with E-state index in [1.54, 1.807) is 18.2 Å². The number of piperazine rings is 1. The van der Waals surface area contributed by atoms with Gasteiger partial charge in [-0.1, -0.05) is 17.7 Å². The largest absolute Gasteiger partial charge is 0.478 e. The molecule has 10 heteroatoms. The molecule has 1 aromatic carbocycles. The number of aromatic nitrogens is 2. The molecule has 1 fully saturated rings. The molecule has 0 bridgehead atoms. The number of rotatable bonds is 7. The van der Waals surface area contributed by atoms with Crippen molar-refractivity contribution in [1.82, 2.24) is 14.9 Å². The van der Waals surface area contributed by atoms with Gasteiger partial charge in [-0.15, -0.1) is 0 Å². The van der Waals surface area contributed by atoms with Crippen LogP contribution in [0.2, 0.25) is 5.02 Å². The van der Waals surface area contributed by atoms with Crippen LogP contribution in [0.1, 0.15) is 18.4 Å². The molecule has 1 N–H and O–H groups in total. The summed E-state index contributed by atoms with van der Waals surface area (Å²) in [4.78, 5) is 22.6. The first-order valence-corrected chi connectivity index (χ1v) is 11.1. The molecule has 3 aromatic rings. The van der Waals surface area contributed by atoms with Crippen LogP contribution < -0.4 is 15.2 Å². The summed E-state index contributed by atoms with van der Waals surface area (Å²) in [5, 5.41) is 0.606. The zero-order valence-corrected chi connectivity index (χ0v) is 18.6. The summed E-state index contributed by atoms with van der Waals surface area (Å²) >= 11 is 6.06. The Balaban J connectivity index is 1.20. The predicted octanol–water partition coefficient (Wildman–Crippen LogP) is 4.58. The number of aromatic amines is 1. The molecule has 1 aliphatic heterocycles. The standard InChI is InChI=1S/C23H24ClF3N4O2/c24-21-17(23(25,26)27)4-3-5-18(21)31-13-11-30(12-14-31)10-1-2-15-33-20-9-7-16-6-8-19(32)28-22(16)29-20/h3-9H,1-2,10-15H2,(H,28,29,32). The molecule has 0 radical (unpaired) electrons. The summed E-state index contributed by atoms with van der Waals surface area (Å²) in [5.41, 5.74) is -0.0681. The minimum Gasteiger partial charge on any atom is -0.478 e. The zero-order valence-electron chi connectivity index (χ0n) is 17.9. The number of ether oxygens (including phenoxy) is 1. The van der Waals surface area contributed by atoms with Crippen molar-refractivity contribution in [2.24, 2.45) is 0 Å². The number of alkyl halides is 3. The van der Waals surface area contributed by atoms with Crippen molar-refractivity contribution in [1.29, 1.82) is 0 Å². The maximum absolute atomic E-state index is 13.1. The predicted molar refractivity (Wildman–Crippen MR) is 122 cm³/mol. The Bertz CT molecular complexity index is 1160. The van der Waals surface area contributed by atoms with E-state index in [1.165, 1.54) is 12.1 Å². The second kappa shape index (κ2) is 10.0. The monoisotopic (exact) mass is 480 g/mol. The van der Waals surface area contributed by atoms with Gasteiger partial charge in [0.25, 0.3) is 0 Å². The van der Waals surface area contributed by atoms with Crippen LogP contribution in [0, 0.1) is 0 Å². The minimum absolute atomic E-state index is 0.206. The fraction of sp³-hybridized carbons (Fsp3) is 0.391. The first-order chi connectivity index (χ1) is 15.8. The Labute approximate surface area is 193 Å². The number of pyridine rings is 2. The van der Waals surface area contributed by atoms with Crippen LogP contribution in [0.3, 0.4) is 0 Å². The normalized spacial score (nSPS) is 15.2. The van der Waals surface area contributed by atoms with E-state index >= 15 is 0 Å². The molecule has 3 heterocycles. The summed E-state index contributed by atoms with van der Waals surface area (Å²) in [5.74, 6) is 0.468. The third kappa shape index (κ3) is 5.78. The molecular formula is C23H24ClF3N4O2. The number of benzene rings is 1. The second-order valence-corrected chi connectivity index (χ2v) is 8.31. The number of anilines is 1. The Kier molecular flexibility index (Phi) is 7.09. The quantitative estimate of drug-likeness (QED) is 0.502. The molecule has 33 heavy (non-hydrogen) atoms. The summed E-state index contributed by atoms with van der Waals surface area (Å²) in [6.07, 6.45) is -2.70. The number of unbranched alkanes of at least 4 members (excludes halogenated alkanes) is 1. The van der Waals surface area contributed by atoms with E-state index in [9.17, 15) is 18.0 Å². The molecule has 0 spiro atoms. The topological polar surface area (TPSA) is 61.5 Å². The van der Waals surface area contributed by atoms with Gasteiger partial charge in [-0.2, -0.15) is 18.2 Å². The van der Waals surface area contributed by atoms with Gasteiger partial charge in [0.1, 0.15) is 5.65 Å². The number of H-pyrrole nitrogens is 1. The van der Waals surface area contributed by atoms with E-state index in [0.717, 1.165) is 43.9 Å². The van der Waals surface area contributed by atoms with Crippen molar-refractivity contribution in [3.8, 4) is 5.88 Å². The molecule has 6 nitrogen and oxygen atoms in total. The van der Waals surface area contributed by atoms with E-state index in [0.29, 0.717) is 36.9 Å². The molecule has 1 aliphatic rings. The fourth-order valence-electron chi connectivity index (χ4n) is 3.90. The number of hydrogen-bond donors (Lipinski definition) is 1. The number of nitrogens with one attached hydrogen (secondary N) is 1. The van der Waals surface area contributed by atoms with Gasteiger partial charge in [-0.05, 0) is 43.7 Å². The van der Waals surface area contributed by atoms with Crippen molar-refractivity contribution < 1.29 is 17.9 Å². The average molecular weight is 481 g/mol. The molecule has 0 amide bonds. The van der Waals surface area contributed by atoms with Crippen LogP contribution in [-0.2, 0) is 6.18 Å². The Morgan fingerprint density at radius 3 is 2.55 bits per heavy atom. The van der Waals surface area contributed by atoms with Gasteiger partial charge in [-0.25, -0.2) is 0 Å². The lowest BCUT2D eigenvalue weighted by Gasteiger charge is -2.36. The zero-order chi connectivity index (χ0) is 23.4. The number of fused-ring (bicyclic) bond motifs is 1. The molecule has 0 atom stereocenters. The lowest BCUT2D eigenvalue weighted by Crippen LogP contribution is -2.46. The van der Waals surface area contributed by atoms with E-state index < -0.39 is 11.7 Å². The maximum Gasteiger partial charge on any atom is 0.417 e. The molecule has 4 rings (SSSR count). The van der Waals surface area contributed by atoms with E-state index in [2.05, 4.69) is 14.9 Å². The summed E-state index contributed by atoms with van der Waals surface area (Å²) in [7, 11) is 0. The lowest BCUT2D eigenvalue weighted by molar-refractivity contribution is -0.137. The van der Waals surface area contributed by atoms with Gasteiger partial charge in [0.15, 0.2) is 0 Å². The Morgan fingerprint density at radius 1 is 1.03 bits per heavy atom. The highest BCUT2D eigenvalue weighted by Crippen LogP contribution is 2.39. The van der Waals surface area contributed by atoms with Gasteiger partial charge in [0.05, 0.1) is 22.9 Å². The van der Waals surface area contributed by atoms with Crippen molar-refractivity contribution in [3.63, 3.8) is 0 Å². The van der Waals surface area contributed by atoms with Crippen molar-refractivity contribution in [2.45, 2.75) is 19.0 Å². The van der Waals surface area contributed by atoms with Crippen LogP contribution in [-0.4, -0.2) is 54.2 Å². The molecule has 176 valence electrons. The molecule has 2 aromatic heterocycles. The molecule has 0 aliphatic carbocycles. The molecule has 1 saturated heterocycles. The third-order valence-electron chi connectivity index (χ3n) is 5.67.